The van der Waals surface area contributed by atoms with Crippen molar-refractivity contribution in [3.05, 3.63) is 58.1 Å². The molecule has 0 aromatic heterocycles. The Morgan fingerprint density at radius 1 is 1.05 bits per heavy atom. The van der Waals surface area contributed by atoms with Gasteiger partial charge in [-0.05, 0) is 49.2 Å². The van der Waals surface area contributed by atoms with Gasteiger partial charge in [0.25, 0.3) is 10.0 Å². The van der Waals surface area contributed by atoms with Crippen molar-refractivity contribution in [2.75, 3.05) is 4.72 Å². The lowest BCUT2D eigenvalue weighted by Gasteiger charge is -2.09. The normalized spacial score (nSPS) is 11.3. The fourth-order valence-electron chi connectivity index (χ4n) is 1.65. The number of nitrogens with one attached hydrogen (secondary N) is 1. The van der Waals surface area contributed by atoms with Crippen LogP contribution in [0, 0.1) is 13.8 Å². The third-order valence-electron chi connectivity index (χ3n) is 2.72. The van der Waals surface area contributed by atoms with E-state index in [2.05, 4.69) is 20.7 Å². The van der Waals surface area contributed by atoms with E-state index in [4.69, 9.17) is 0 Å². The van der Waals surface area contributed by atoms with Crippen molar-refractivity contribution in [1.29, 1.82) is 0 Å². The molecule has 2 aromatic rings. The van der Waals surface area contributed by atoms with E-state index in [1.54, 1.807) is 30.3 Å². The van der Waals surface area contributed by atoms with Gasteiger partial charge in [0.15, 0.2) is 0 Å². The predicted octanol–water partition coefficient (Wildman–Crippen LogP) is 3.87. The van der Waals surface area contributed by atoms with E-state index in [1.165, 1.54) is 0 Å². The van der Waals surface area contributed by atoms with E-state index in [1.807, 2.05) is 26.0 Å². The number of rotatable bonds is 3. The van der Waals surface area contributed by atoms with E-state index in [-0.39, 0.29) is 4.90 Å². The van der Waals surface area contributed by atoms with E-state index >= 15 is 0 Å². The molecule has 1 N–H and O–H groups in total. The Labute approximate surface area is 121 Å². The maximum atomic E-state index is 12.2. The minimum atomic E-state index is -3.54. The maximum absolute atomic E-state index is 12.2. The van der Waals surface area contributed by atoms with Gasteiger partial charge in [-0.15, -0.1) is 0 Å². The summed E-state index contributed by atoms with van der Waals surface area (Å²) in [5, 5.41) is 0. The lowest BCUT2D eigenvalue weighted by Crippen LogP contribution is -2.13. The summed E-state index contributed by atoms with van der Waals surface area (Å²) >= 11 is 3.39. The molecule has 0 radical (unpaired) electrons. The van der Waals surface area contributed by atoms with Crippen LogP contribution in [0.2, 0.25) is 0 Å². The van der Waals surface area contributed by atoms with Crippen molar-refractivity contribution in [1.82, 2.24) is 0 Å². The molecule has 2 rings (SSSR count). The lowest BCUT2D eigenvalue weighted by molar-refractivity contribution is 0.601. The molecular weight excluding hydrogens is 326 g/mol. The average Bonchev–Trinajstić information content (AvgIpc) is 2.33. The molecule has 0 aliphatic heterocycles. The molecule has 0 saturated carbocycles. The molecule has 0 spiro atoms. The van der Waals surface area contributed by atoms with Crippen LogP contribution in [-0.2, 0) is 10.0 Å². The van der Waals surface area contributed by atoms with Gasteiger partial charge in [-0.3, -0.25) is 4.72 Å². The number of sulfonamides is 1. The van der Waals surface area contributed by atoms with E-state index in [0.717, 1.165) is 15.6 Å². The molecule has 0 aliphatic carbocycles. The monoisotopic (exact) mass is 339 g/mol. The second-order valence-corrected chi connectivity index (χ2v) is 6.92. The van der Waals surface area contributed by atoms with Gasteiger partial charge in [0, 0.05) is 10.2 Å². The lowest BCUT2D eigenvalue weighted by atomic mass is 10.2. The second-order valence-electron chi connectivity index (χ2n) is 4.39. The standard InChI is InChI=1S/C14H14BrNO2S/c1-10-4-3-5-13(8-10)19(17,18)16-12-7-6-11(2)14(15)9-12/h3-9,16H,1-2H3. The van der Waals surface area contributed by atoms with Crippen LogP contribution in [0.15, 0.2) is 51.8 Å². The number of halogens is 1. The van der Waals surface area contributed by atoms with Gasteiger partial charge in [-0.25, -0.2) is 8.42 Å². The molecule has 2 aromatic carbocycles. The quantitative estimate of drug-likeness (QED) is 0.922. The molecule has 0 atom stereocenters. The van der Waals surface area contributed by atoms with Crippen LogP contribution in [0.5, 0.6) is 0 Å². The third kappa shape index (κ3) is 3.36. The summed E-state index contributed by atoms with van der Waals surface area (Å²) in [6.07, 6.45) is 0. The van der Waals surface area contributed by atoms with Crippen molar-refractivity contribution in [3.63, 3.8) is 0 Å². The number of anilines is 1. The highest BCUT2D eigenvalue weighted by atomic mass is 79.9. The van der Waals surface area contributed by atoms with Crippen molar-refractivity contribution >= 4 is 31.6 Å². The summed E-state index contributed by atoms with van der Waals surface area (Å²) in [5.41, 5.74) is 2.51. The molecular formula is C14H14BrNO2S. The van der Waals surface area contributed by atoms with Gasteiger partial charge in [0.2, 0.25) is 0 Å². The summed E-state index contributed by atoms with van der Waals surface area (Å²) in [6.45, 7) is 3.81. The Balaban J connectivity index is 2.33. The summed E-state index contributed by atoms with van der Waals surface area (Å²) in [5.74, 6) is 0. The molecule has 0 heterocycles. The Bertz CT molecular complexity index is 711. The minimum absolute atomic E-state index is 0.268. The van der Waals surface area contributed by atoms with Gasteiger partial charge in [-0.2, -0.15) is 0 Å². The number of hydrogen-bond acceptors (Lipinski definition) is 2. The SMILES string of the molecule is Cc1cccc(S(=O)(=O)Nc2ccc(C)c(Br)c2)c1. The van der Waals surface area contributed by atoms with Crippen LogP contribution in [-0.4, -0.2) is 8.42 Å². The first-order valence-electron chi connectivity index (χ1n) is 5.74. The highest BCUT2D eigenvalue weighted by molar-refractivity contribution is 9.10. The van der Waals surface area contributed by atoms with Crippen molar-refractivity contribution in [3.8, 4) is 0 Å². The van der Waals surface area contributed by atoms with Gasteiger partial charge in [0.05, 0.1) is 4.90 Å². The van der Waals surface area contributed by atoms with Gasteiger partial charge < -0.3 is 0 Å². The Hall–Kier alpha value is -1.33. The summed E-state index contributed by atoms with van der Waals surface area (Å²) in [6, 6.07) is 12.2. The first kappa shape index (κ1) is 14.1. The van der Waals surface area contributed by atoms with Crippen molar-refractivity contribution in [2.45, 2.75) is 18.7 Å². The van der Waals surface area contributed by atoms with Crippen molar-refractivity contribution < 1.29 is 8.42 Å². The van der Waals surface area contributed by atoms with E-state index < -0.39 is 10.0 Å². The van der Waals surface area contributed by atoms with Crippen LogP contribution in [0.1, 0.15) is 11.1 Å². The zero-order valence-electron chi connectivity index (χ0n) is 10.6. The Morgan fingerprint density at radius 2 is 1.79 bits per heavy atom. The molecule has 100 valence electrons. The molecule has 0 amide bonds. The zero-order valence-corrected chi connectivity index (χ0v) is 13.0. The molecule has 0 bridgehead atoms. The van der Waals surface area contributed by atoms with Crippen molar-refractivity contribution in [2.24, 2.45) is 0 Å². The topological polar surface area (TPSA) is 46.2 Å². The van der Waals surface area contributed by atoms with Gasteiger partial charge >= 0.3 is 0 Å². The summed E-state index contributed by atoms with van der Waals surface area (Å²) in [4.78, 5) is 0.268. The first-order chi connectivity index (χ1) is 8.88. The minimum Gasteiger partial charge on any atom is -0.280 e. The third-order valence-corrected chi connectivity index (χ3v) is 4.96. The molecule has 19 heavy (non-hydrogen) atoms. The molecule has 3 nitrogen and oxygen atoms in total. The average molecular weight is 340 g/mol. The fraction of sp³-hybridized carbons (Fsp3) is 0.143. The Kier molecular flexibility index (Phi) is 3.96. The van der Waals surface area contributed by atoms with Gasteiger partial charge in [-0.1, -0.05) is 34.1 Å². The van der Waals surface area contributed by atoms with Crippen LogP contribution >= 0.6 is 15.9 Å². The Morgan fingerprint density at radius 3 is 2.42 bits per heavy atom. The van der Waals surface area contributed by atoms with Gasteiger partial charge in [0.1, 0.15) is 0 Å². The number of aryl methyl sites for hydroxylation is 2. The number of benzene rings is 2. The maximum Gasteiger partial charge on any atom is 0.261 e. The number of hydrogen-bond donors (Lipinski definition) is 1. The first-order valence-corrected chi connectivity index (χ1v) is 8.02. The molecule has 0 saturated heterocycles. The van der Waals surface area contributed by atoms with E-state index in [9.17, 15) is 8.42 Å². The highest BCUT2D eigenvalue weighted by Crippen LogP contribution is 2.23. The molecule has 0 unspecified atom stereocenters. The molecule has 0 aliphatic rings. The molecule has 5 heteroatoms. The van der Waals surface area contributed by atoms with Crippen LogP contribution in [0.4, 0.5) is 5.69 Å². The summed E-state index contributed by atoms with van der Waals surface area (Å²) < 4.78 is 27.9. The smallest absolute Gasteiger partial charge is 0.261 e. The van der Waals surface area contributed by atoms with E-state index in [0.29, 0.717) is 5.69 Å². The predicted molar refractivity (Wildman–Crippen MR) is 80.9 cm³/mol. The fourth-order valence-corrected chi connectivity index (χ4v) is 3.19. The van der Waals surface area contributed by atoms with Crippen LogP contribution in [0.25, 0.3) is 0 Å². The molecule has 0 fully saturated rings. The largest absolute Gasteiger partial charge is 0.280 e. The second kappa shape index (κ2) is 5.35. The van der Waals surface area contributed by atoms with Crippen LogP contribution in [0.3, 0.4) is 0 Å². The zero-order chi connectivity index (χ0) is 14.0. The summed E-state index contributed by atoms with van der Waals surface area (Å²) in [7, 11) is -3.54. The van der Waals surface area contributed by atoms with Crippen LogP contribution < -0.4 is 4.72 Å². The highest BCUT2D eigenvalue weighted by Gasteiger charge is 2.14.